The Kier molecular flexibility index (Phi) is 5.22. The lowest BCUT2D eigenvalue weighted by molar-refractivity contribution is -0.126. The van der Waals surface area contributed by atoms with Gasteiger partial charge in [-0.1, -0.05) is 12.1 Å². The van der Waals surface area contributed by atoms with E-state index in [1.165, 1.54) is 6.07 Å². The Morgan fingerprint density at radius 3 is 2.96 bits per heavy atom. The van der Waals surface area contributed by atoms with Crippen molar-refractivity contribution in [3.63, 3.8) is 0 Å². The summed E-state index contributed by atoms with van der Waals surface area (Å²) in [5.74, 6) is -1.63. The Morgan fingerprint density at radius 1 is 1.38 bits per heavy atom. The zero-order valence-electron chi connectivity index (χ0n) is 13.8. The quantitative estimate of drug-likeness (QED) is 0.749. The molecule has 6 nitrogen and oxygen atoms in total. The van der Waals surface area contributed by atoms with Crippen LogP contribution in [-0.4, -0.2) is 28.9 Å². The third-order valence-electron chi connectivity index (χ3n) is 4.15. The van der Waals surface area contributed by atoms with Crippen LogP contribution in [-0.2, 0) is 22.4 Å². The highest BCUT2D eigenvalue weighted by atomic mass is 19.1. The van der Waals surface area contributed by atoms with E-state index in [1.807, 2.05) is 6.07 Å². The van der Waals surface area contributed by atoms with E-state index in [4.69, 9.17) is 5.73 Å². The number of benzene rings is 1. The molecule has 1 aromatic carbocycles. The lowest BCUT2D eigenvalue weighted by Crippen LogP contribution is -2.49. The van der Waals surface area contributed by atoms with Crippen LogP contribution in [0.1, 0.15) is 17.5 Å². The van der Waals surface area contributed by atoms with Crippen molar-refractivity contribution < 1.29 is 18.4 Å². The van der Waals surface area contributed by atoms with Crippen LogP contribution in [0.5, 0.6) is 0 Å². The van der Waals surface area contributed by atoms with Crippen molar-refractivity contribution in [2.24, 2.45) is 5.73 Å². The maximum absolute atomic E-state index is 13.7. The fourth-order valence-electron chi connectivity index (χ4n) is 2.88. The van der Waals surface area contributed by atoms with Crippen LogP contribution in [0.25, 0.3) is 0 Å². The second kappa shape index (κ2) is 7.57. The van der Waals surface area contributed by atoms with Gasteiger partial charge in [0.15, 0.2) is 0 Å². The van der Waals surface area contributed by atoms with Crippen molar-refractivity contribution >= 4 is 17.6 Å². The van der Waals surface area contributed by atoms with E-state index in [-0.39, 0.29) is 24.3 Å². The number of fused-ring (bicyclic) bond motifs is 1. The van der Waals surface area contributed by atoms with E-state index in [1.54, 1.807) is 12.3 Å². The molecule has 1 aliphatic heterocycles. The van der Waals surface area contributed by atoms with Crippen LogP contribution in [0.2, 0.25) is 0 Å². The summed E-state index contributed by atoms with van der Waals surface area (Å²) in [7, 11) is 0. The summed E-state index contributed by atoms with van der Waals surface area (Å²) in [6.07, 6.45) is 1.91. The molecular formula is C18H18F2N4O2. The summed E-state index contributed by atoms with van der Waals surface area (Å²) in [4.78, 5) is 28.3. The lowest BCUT2D eigenvalue weighted by Gasteiger charge is -2.25. The van der Waals surface area contributed by atoms with E-state index in [0.717, 1.165) is 17.7 Å². The van der Waals surface area contributed by atoms with Gasteiger partial charge in [0.25, 0.3) is 0 Å². The van der Waals surface area contributed by atoms with Gasteiger partial charge in [0.1, 0.15) is 23.5 Å². The maximum atomic E-state index is 13.7. The molecule has 2 aromatic rings. The summed E-state index contributed by atoms with van der Waals surface area (Å²) in [5, 5.41) is 5.28. The number of nitrogens with one attached hydrogen (secondary N) is 2. The standard InChI is InChI=1S/C18H18F2N4O2/c19-12-4-3-10(14(20)8-12)6-13(21)9-16(25)23-15-7-11-2-1-5-22-17(11)24-18(15)26/h1-5,8,13,15H,6-7,9,21H2,(H,23,25)(H,22,24,26)/t13-,15-/m1/s1. The number of carbonyl (C=O) groups is 2. The monoisotopic (exact) mass is 360 g/mol. The first-order chi connectivity index (χ1) is 12.4. The number of nitrogens with two attached hydrogens (primary N) is 1. The van der Waals surface area contributed by atoms with Gasteiger partial charge >= 0.3 is 0 Å². The van der Waals surface area contributed by atoms with E-state index in [0.29, 0.717) is 12.2 Å². The molecule has 1 aliphatic rings. The molecule has 1 aromatic heterocycles. The van der Waals surface area contributed by atoms with Crippen LogP contribution < -0.4 is 16.4 Å². The molecule has 0 saturated carbocycles. The molecule has 0 radical (unpaired) electrons. The summed E-state index contributed by atoms with van der Waals surface area (Å²) in [5.41, 5.74) is 6.96. The Labute approximate surface area is 148 Å². The van der Waals surface area contributed by atoms with Crippen molar-refractivity contribution in [3.8, 4) is 0 Å². The van der Waals surface area contributed by atoms with Crippen molar-refractivity contribution in [1.29, 1.82) is 0 Å². The molecule has 2 atom stereocenters. The molecule has 4 N–H and O–H groups in total. The van der Waals surface area contributed by atoms with Gasteiger partial charge in [0, 0.05) is 31.1 Å². The molecule has 0 unspecified atom stereocenters. The molecule has 3 rings (SSSR count). The first-order valence-corrected chi connectivity index (χ1v) is 8.16. The minimum atomic E-state index is -0.714. The molecule has 26 heavy (non-hydrogen) atoms. The van der Waals surface area contributed by atoms with Gasteiger partial charge in [-0.15, -0.1) is 0 Å². The Morgan fingerprint density at radius 2 is 2.19 bits per heavy atom. The van der Waals surface area contributed by atoms with Crippen LogP contribution in [0.15, 0.2) is 36.5 Å². The molecule has 8 heteroatoms. The van der Waals surface area contributed by atoms with Crippen molar-refractivity contribution in [1.82, 2.24) is 10.3 Å². The molecule has 0 saturated heterocycles. The number of anilines is 1. The highest BCUT2D eigenvalue weighted by Crippen LogP contribution is 2.19. The van der Waals surface area contributed by atoms with Crippen LogP contribution in [0, 0.1) is 11.6 Å². The fraction of sp³-hybridized carbons (Fsp3) is 0.278. The maximum Gasteiger partial charge on any atom is 0.248 e. The highest BCUT2D eigenvalue weighted by Gasteiger charge is 2.28. The number of hydrogen-bond acceptors (Lipinski definition) is 4. The zero-order chi connectivity index (χ0) is 18.7. The van der Waals surface area contributed by atoms with Gasteiger partial charge in [-0.3, -0.25) is 9.59 Å². The zero-order valence-corrected chi connectivity index (χ0v) is 13.8. The molecule has 136 valence electrons. The number of aromatic nitrogens is 1. The summed E-state index contributed by atoms with van der Waals surface area (Å²) >= 11 is 0. The van der Waals surface area contributed by atoms with Gasteiger partial charge in [0.2, 0.25) is 11.8 Å². The van der Waals surface area contributed by atoms with Gasteiger partial charge in [0.05, 0.1) is 0 Å². The Hall–Kier alpha value is -2.87. The van der Waals surface area contributed by atoms with Crippen molar-refractivity contribution in [3.05, 3.63) is 59.3 Å². The fourth-order valence-corrected chi connectivity index (χ4v) is 2.88. The average Bonchev–Trinajstić information content (AvgIpc) is 2.58. The largest absolute Gasteiger partial charge is 0.344 e. The SMILES string of the molecule is N[C@@H](CC(=O)N[C@@H]1Cc2cccnc2NC1=O)Cc1ccc(F)cc1F. The predicted octanol–water partition coefficient (Wildman–Crippen LogP) is 1.30. The first-order valence-electron chi connectivity index (χ1n) is 8.16. The first kappa shape index (κ1) is 17.9. The van der Waals surface area contributed by atoms with E-state index in [9.17, 15) is 18.4 Å². The molecular weight excluding hydrogens is 342 g/mol. The topological polar surface area (TPSA) is 97.1 Å². The second-order valence-electron chi connectivity index (χ2n) is 6.23. The second-order valence-corrected chi connectivity index (χ2v) is 6.23. The molecule has 0 fully saturated rings. The van der Waals surface area contributed by atoms with Gasteiger partial charge in [-0.05, 0) is 29.7 Å². The number of carbonyl (C=O) groups excluding carboxylic acids is 2. The highest BCUT2D eigenvalue weighted by molar-refractivity contribution is 5.99. The molecule has 0 aliphatic carbocycles. The molecule has 2 heterocycles. The van der Waals surface area contributed by atoms with Crippen LogP contribution >= 0.6 is 0 Å². The van der Waals surface area contributed by atoms with Crippen molar-refractivity contribution in [2.45, 2.75) is 31.3 Å². The normalized spacial score (nSPS) is 17.2. The summed E-state index contributed by atoms with van der Waals surface area (Å²) < 4.78 is 26.6. The Bertz CT molecular complexity index is 844. The van der Waals surface area contributed by atoms with Gasteiger partial charge in [-0.2, -0.15) is 0 Å². The smallest absolute Gasteiger partial charge is 0.248 e. The number of pyridine rings is 1. The van der Waals surface area contributed by atoms with Crippen LogP contribution in [0.3, 0.4) is 0 Å². The number of rotatable bonds is 5. The minimum absolute atomic E-state index is 0.0828. The van der Waals surface area contributed by atoms with Crippen LogP contribution in [0.4, 0.5) is 14.6 Å². The molecule has 2 amide bonds. The third-order valence-corrected chi connectivity index (χ3v) is 4.15. The number of hydrogen-bond donors (Lipinski definition) is 3. The third kappa shape index (κ3) is 4.20. The van der Waals surface area contributed by atoms with Crippen molar-refractivity contribution in [2.75, 3.05) is 5.32 Å². The van der Waals surface area contributed by atoms with E-state index < -0.39 is 29.6 Å². The molecule has 0 bridgehead atoms. The van der Waals surface area contributed by atoms with Gasteiger partial charge in [-0.25, -0.2) is 13.8 Å². The Balaban J connectivity index is 1.56. The summed E-state index contributed by atoms with van der Waals surface area (Å²) in [6.45, 7) is 0. The predicted molar refractivity (Wildman–Crippen MR) is 91.2 cm³/mol. The van der Waals surface area contributed by atoms with E-state index in [2.05, 4.69) is 15.6 Å². The molecule has 0 spiro atoms. The number of amides is 2. The average molecular weight is 360 g/mol. The van der Waals surface area contributed by atoms with Gasteiger partial charge < -0.3 is 16.4 Å². The summed E-state index contributed by atoms with van der Waals surface area (Å²) in [6, 6.07) is 5.43. The number of halogens is 2. The minimum Gasteiger partial charge on any atom is -0.344 e. The lowest BCUT2D eigenvalue weighted by atomic mass is 10.0. The number of nitrogens with zero attached hydrogens (tertiary/aromatic N) is 1. The van der Waals surface area contributed by atoms with E-state index >= 15 is 0 Å².